The number of aromatic nitrogens is 1. The Morgan fingerprint density at radius 2 is 2.14 bits per heavy atom. The van der Waals surface area contributed by atoms with Crippen molar-refractivity contribution in [3.05, 3.63) is 40.9 Å². The minimum Gasteiger partial charge on any atom is -0.186 e. The highest BCUT2D eigenvalue weighted by atomic mass is 32.1. The van der Waals surface area contributed by atoms with Gasteiger partial charge in [0.2, 0.25) is 0 Å². The molecule has 1 aliphatic heterocycles. The van der Waals surface area contributed by atoms with E-state index >= 15 is 0 Å². The maximum Gasteiger partial charge on any atom is 0.269 e. The fourth-order valence-corrected chi connectivity index (χ4v) is 3.19. The van der Waals surface area contributed by atoms with Crippen molar-refractivity contribution in [1.29, 1.82) is 0 Å². The number of aryl methyl sites for hydroxylation is 2. The van der Waals surface area contributed by atoms with Gasteiger partial charge in [-0.05, 0) is 11.6 Å². The standard InChI is InChI=1S/C12H12NS/c1-9-8-14-12-11-5-3-2-4-10(11)6-7-13(9)12/h2-5,8H,6-7H2,1H3/q+1. The van der Waals surface area contributed by atoms with Gasteiger partial charge in [0.25, 0.3) is 5.01 Å². The topological polar surface area (TPSA) is 3.88 Å². The first-order valence-corrected chi connectivity index (χ1v) is 5.80. The van der Waals surface area contributed by atoms with Gasteiger partial charge in [-0.25, -0.2) is 0 Å². The monoisotopic (exact) mass is 202 g/mol. The zero-order valence-electron chi connectivity index (χ0n) is 8.16. The Morgan fingerprint density at radius 1 is 1.29 bits per heavy atom. The molecular weight excluding hydrogens is 190 g/mol. The van der Waals surface area contributed by atoms with Crippen LogP contribution in [0, 0.1) is 6.92 Å². The van der Waals surface area contributed by atoms with E-state index in [2.05, 4.69) is 41.1 Å². The van der Waals surface area contributed by atoms with Crippen LogP contribution in [0.1, 0.15) is 11.3 Å². The molecule has 0 saturated carbocycles. The Balaban J connectivity index is 2.29. The number of nitrogens with zero attached hydrogens (tertiary/aromatic N) is 1. The van der Waals surface area contributed by atoms with Gasteiger partial charge in [-0.3, -0.25) is 0 Å². The lowest BCUT2D eigenvalue weighted by Crippen LogP contribution is -2.40. The van der Waals surface area contributed by atoms with E-state index in [-0.39, 0.29) is 0 Å². The number of hydrogen-bond acceptors (Lipinski definition) is 1. The van der Waals surface area contributed by atoms with Gasteiger partial charge in [0.1, 0.15) is 0 Å². The normalized spacial score (nSPS) is 13.5. The second kappa shape index (κ2) is 2.92. The number of fused-ring (bicyclic) bond motifs is 3. The Bertz CT molecular complexity index is 485. The summed E-state index contributed by atoms with van der Waals surface area (Å²) in [6, 6.07) is 8.74. The Labute approximate surface area is 87.6 Å². The van der Waals surface area contributed by atoms with Crippen molar-refractivity contribution >= 4 is 11.3 Å². The summed E-state index contributed by atoms with van der Waals surface area (Å²) in [6.07, 6.45) is 1.17. The summed E-state index contributed by atoms with van der Waals surface area (Å²) in [6.45, 7) is 3.33. The van der Waals surface area contributed by atoms with Crippen molar-refractivity contribution in [2.24, 2.45) is 0 Å². The highest BCUT2D eigenvalue weighted by molar-refractivity contribution is 7.12. The van der Waals surface area contributed by atoms with E-state index in [1.807, 2.05) is 11.3 Å². The molecule has 14 heavy (non-hydrogen) atoms. The minimum atomic E-state index is 1.14. The summed E-state index contributed by atoms with van der Waals surface area (Å²) in [5.74, 6) is 0. The van der Waals surface area contributed by atoms with E-state index in [0.717, 1.165) is 6.54 Å². The zero-order valence-corrected chi connectivity index (χ0v) is 8.97. The van der Waals surface area contributed by atoms with Crippen LogP contribution in [0.25, 0.3) is 10.6 Å². The molecule has 0 saturated heterocycles. The molecule has 0 unspecified atom stereocenters. The molecule has 3 rings (SSSR count). The first-order chi connectivity index (χ1) is 6.86. The molecule has 0 aliphatic carbocycles. The van der Waals surface area contributed by atoms with E-state index in [0.29, 0.717) is 0 Å². The van der Waals surface area contributed by atoms with Crippen molar-refractivity contribution in [3.63, 3.8) is 0 Å². The summed E-state index contributed by atoms with van der Waals surface area (Å²) in [5, 5.41) is 3.67. The summed E-state index contributed by atoms with van der Waals surface area (Å²) in [7, 11) is 0. The summed E-state index contributed by atoms with van der Waals surface area (Å²) in [4.78, 5) is 0. The first kappa shape index (κ1) is 8.18. The highest BCUT2D eigenvalue weighted by Crippen LogP contribution is 2.29. The largest absolute Gasteiger partial charge is 0.269 e. The molecule has 2 aromatic rings. The number of benzene rings is 1. The molecule has 0 bridgehead atoms. The van der Waals surface area contributed by atoms with Crippen molar-refractivity contribution in [3.8, 4) is 10.6 Å². The molecule has 2 heteroatoms. The molecule has 0 fully saturated rings. The molecule has 0 N–H and O–H groups in total. The van der Waals surface area contributed by atoms with E-state index in [1.54, 1.807) is 0 Å². The Kier molecular flexibility index (Phi) is 1.71. The first-order valence-electron chi connectivity index (χ1n) is 4.92. The summed E-state index contributed by atoms with van der Waals surface area (Å²) < 4.78 is 2.42. The van der Waals surface area contributed by atoms with Crippen molar-refractivity contribution in [2.75, 3.05) is 0 Å². The molecule has 0 atom stereocenters. The third-order valence-corrected chi connectivity index (χ3v) is 3.99. The maximum atomic E-state index is 2.42. The molecule has 0 amide bonds. The van der Waals surface area contributed by atoms with Crippen LogP contribution in [0.2, 0.25) is 0 Å². The van der Waals surface area contributed by atoms with Gasteiger partial charge in [-0.2, -0.15) is 4.57 Å². The number of hydrogen-bond donors (Lipinski definition) is 0. The zero-order chi connectivity index (χ0) is 9.54. The van der Waals surface area contributed by atoms with Gasteiger partial charge in [-0.15, -0.1) is 0 Å². The molecule has 0 radical (unpaired) electrons. The lowest BCUT2D eigenvalue weighted by molar-refractivity contribution is -0.689. The highest BCUT2D eigenvalue weighted by Gasteiger charge is 2.25. The molecule has 1 nitrogen and oxygen atoms in total. The number of rotatable bonds is 0. The van der Waals surface area contributed by atoms with E-state index in [1.165, 1.54) is 28.2 Å². The summed E-state index contributed by atoms with van der Waals surface area (Å²) >= 11 is 1.86. The summed E-state index contributed by atoms with van der Waals surface area (Å²) in [5.41, 5.74) is 4.31. The van der Waals surface area contributed by atoms with Crippen LogP contribution < -0.4 is 4.57 Å². The smallest absolute Gasteiger partial charge is 0.186 e. The molecule has 0 spiro atoms. The van der Waals surface area contributed by atoms with Crippen molar-refractivity contribution < 1.29 is 4.57 Å². The third-order valence-electron chi connectivity index (χ3n) is 2.86. The Hall–Kier alpha value is -1.15. The minimum absolute atomic E-state index is 1.14. The molecular formula is C12H12NS+. The van der Waals surface area contributed by atoms with Crippen LogP contribution in [0.15, 0.2) is 29.6 Å². The molecule has 70 valence electrons. The average Bonchev–Trinajstić information content (AvgIpc) is 2.61. The van der Waals surface area contributed by atoms with Gasteiger partial charge in [-0.1, -0.05) is 29.5 Å². The molecule has 1 aliphatic rings. The van der Waals surface area contributed by atoms with Gasteiger partial charge in [0.05, 0.1) is 10.9 Å². The second-order valence-electron chi connectivity index (χ2n) is 3.74. The van der Waals surface area contributed by atoms with Gasteiger partial charge < -0.3 is 0 Å². The van der Waals surface area contributed by atoms with E-state index < -0.39 is 0 Å². The van der Waals surface area contributed by atoms with E-state index in [9.17, 15) is 0 Å². The quantitative estimate of drug-likeness (QED) is 0.578. The van der Waals surface area contributed by atoms with E-state index in [4.69, 9.17) is 0 Å². The van der Waals surface area contributed by atoms with Crippen LogP contribution in [-0.2, 0) is 13.0 Å². The molecule has 2 heterocycles. The van der Waals surface area contributed by atoms with Crippen LogP contribution in [0.5, 0.6) is 0 Å². The predicted octanol–water partition coefficient (Wildman–Crippen LogP) is 2.57. The Morgan fingerprint density at radius 3 is 3.07 bits per heavy atom. The fraction of sp³-hybridized carbons (Fsp3) is 0.250. The van der Waals surface area contributed by atoms with Gasteiger partial charge in [0.15, 0.2) is 12.2 Å². The SMILES string of the molecule is Cc1csc2[n+]1CCc1ccccc1-2. The van der Waals surface area contributed by atoms with Crippen molar-refractivity contribution in [1.82, 2.24) is 0 Å². The predicted molar refractivity (Wildman–Crippen MR) is 58.4 cm³/mol. The molecule has 1 aromatic heterocycles. The third kappa shape index (κ3) is 1.04. The van der Waals surface area contributed by atoms with Crippen LogP contribution >= 0.6 is 11.3 Å². The van der Waals surface area contributed by atoms with Crippen molar-refractivity contribution in [2.45, 2.75) is 19.9 Å². The van der Waals surface area contributed by atoms with Crippen LogP contribution in [0.3, 0.4) is 0 Å². The maximum absolute atomic E-state index is 2.42. The van der Waals surface area contributed by atoms with Crippen LogP contribution in [0.4, 0.5) is 0 Å². The molecule has 1 aromatic carbocycles. The average molecular weight is 202 g/mol. The van der Waals surface area contributed by atoms with Gasteiger partial charge in [0, 0.05) is 13.3 Å². The lowest BCUT2D eigenvalue weighted by Gasteiger charge is -2.10. The lowest BCUT2D eigenvalue weighted by atomic mass is 10.0. The fourth-order valence-electron chi connectivity index (χ4n) is 2.09. The second-order valence-corrected chi connectivity index (χ2v) is 4.60. The van der Waals surface area contributed by atoms with Gasteiger partial charge >= 0.3 is 0 Å². The van der Waals surface area contributed by atoms with Crippen LogP contribution in [-0.4, -0.2) is 0 Å². The number of thiazole rings is 1.